The van der Waals surface area contributed by atoms with Gasteiger partial charge in [0.2, 0.25) is 0 Å². The molecule has 0 aliphatic carbocycles. The molecule has 0 aliphatic rings. The Labute approximate surface area is 140 Å². The molecule has 0 aliphatic heterocycles. The molecule has 0 spiro atoms. The third kappa shape index (κ3) is 3.32. The molecule has 116 valence electrons. The Kier molecular flexibility index (Phi) is 4.53. The predicted octanol–water partition coefficient (Wildman–Crippen LogP) is 4.93. The zero-order chi connectivity index (χ0) is 16.2. The molecule has 1 amide bonds. The minimum atomic E-state index is -0.0944. The smallest absolute Gasteiger partial charge is 0.267 e. The summed E-state index contributed by atoms with van der Waals surface area (Å²) in [5.41, 5.74) is 3.80. The van der Waals surface area contributed by atoms with E-state index in [1.54, 1.807) is 0 Å². The van der Waals surface area contributed by atoms with Crippen LogP contribution in [0.4, 0.5) is 5.69 Å². The van der Waals surface area contributed by atoms with Gasteiger partial charge in [-0.25, -0.2) is 4.98 Å². The minimum absolute atomic E-state index is 0.0944. The largest absolute Gasteiger partial charge is 0.321 e. The van der Waals surface area contributed by atoms with Crippen LogP contribution in [0.3, 0.4) is 0 Å². The van der Waals surface area contributed by atoms with Crippen LogP contribution in [0.5, 0.6) is 0 Å². The van der Waals surface area contributed by atoms with Gasteiger partial charge in [0.05, 0.1) is 5.69 Å². The topological polar surface area (TPSA) is 42.0 Å². The molecule has 0 atom stereocenters. The first-order valence-electron chi connectivity index (χ1n) is 7.61. The van der Waals surface area contributed by atoms with Gasteiger partial charge in [0.1, 0.15) is 9.88 Å². The van der Waals surface area contributed by atoms with E-state index in [1.165, 1.54) is 11.3 Å². The second-order valence-electron chi connectivity index (χ2n) is 5.26. The van der Waals surface area contributed by atoms with E-state index >= 15 is 0 Å². The Morgan fingerprint density at radius 3 is 2.52 bits per heavy atom. The van der Waals surface area contributed by atoms with Crippen molar-refractivity contribution in [3.63, 3.8) is 0 Å². The molecule has 4 heteroatoms. The number of aryl methyl sites for hydroxylation is 2. The number of aromatic nitrogens is 1. The molecular formula is C19H18N2OS. The average Bonchev–Trinajstić information content (AvgIpc) is 2.98. The summed E-state index contributed by atoms with van der Waals surface area (Å²) in [6, 6.07) is 17.8. The van der Waals surface area contributed by atoms with E-state index in [0.717, 1.165) is 33.9 Å². The van der Waals surface area contributed by atoms with Crippen molar-refractivity contribution in [2.75, 3.05) is 5.32 Å². The number of carbonyl (C=O) groups excluding carboxylic acids is 1. The average molecular weight is 322 g/mol. The monoisotopic (exact) mass is 322 g/mol. The summed E-state index contributed by atoms with van der Waals surface area (Å²) in [4.78, 5) is 17.8. The van der Waals surface area contributed by atoms with Crippen LogP contribution in [0.25, 0.3) is 10.6 Å². The van der Waals surface area contributed by atoms with E-state index in [-0.39, 0.29) is 5.91 Å². The van der Waals surface area contributed by atoms with Gasteiger partial charge < -0.3 is 5.32 Å². The summed E-state index contributed by atoms with van der Waals surface area (Å²) in [7, 11) is 0. The summed E-state index contributed by atoms with van der Waals surface area (Å²) in [6.45, 7) is 3.96. The van der Waals surface area contributed by atoms with E-state index in [4.69, 9.17) is 0 Å². The van der Waals surface area contributed by atoms with Gasteiger partial charge >= 0.3 is 0 Å². The number of hydrogen-bond donors (Lipinski definition) is 1. The Bertz CT molecular complexity index is 824. The van der Waals surface area contributed by atoms with Gasteiger partial charge in [-0.1, -0.05) is 55.5 Å². The van der Waals surface area contributed by atoms with Crippen molar-refractivity contribution in [2.24, 2.45) is 0 Å². The normalized spacial score (nSPS) is 10.5. The molecule has 3 nitrogen and oxygen atoms in total. The lowest BCUT2D eigenvalue weighted by molar-refractivity contribution is 0.102. The van der Waals surface area contributed by atoms with E-state index in [2.05, 4.69) is 17.2 Å². The van der Waals surface area contributed by atoms with Crippen LogP contribution in [0, 0.1) is 6.92 Å². The quantitative estimate of drug-likeness (QED) is 0.739. The van der Waals surface area contributed by atoms with Crippen molar-refractivity contribution in [3.8, 4) is 10.6 Å². The van der Waals surface area contributed by atoms with E-state index in [9.17, 15) is 4.79 Å². The summed E-state index contributed by atoms with van der Waals surface area (Å²) >= 11 is 1.43. The fourth-order valence-electron chi connectivity index (χ4n) is 2.44. The van der Waals surface area contributed by atoms with Crippen LogP contribution in [-0.4, -0.2) is 10.9 Å². The molecule has 1 heterocycles. The van der Waals surface area contributed by atoms with Crippen molar-refractivity contribution in [2.45, 2.75) is 20.3 Å². The van der Waals surface area contributed by atoms with Gasteiger partial charge in [-0.05, 0) is 25.0 Å². The maximum Gasteiger partial charge on any atom is 0.267 e. The van der Waals surface area contributed by atoms with Gasteiger partial charge in [0.15, 0.2) is 0 Å². The molecular weight excluding hydrogens is 304 g/mol. The lowest BCUT2D eigenvalue weighted by Crippen LogP contribution is -2.12. The van der Waals surface area contributed by atoms with Gasteiger partial charge in [0.25, 0.3) is 5.91 Å². The highest BCUT2D eigenvalue weighted by atomic mass is 32.1. The highest BCUT2D eigenvalue weighted by molar-refractivity contribution is 7.17. The molecule has 3 aromatic rings. The molecule has 0 radical (unpaired) electrons. The van der Waals surface area contributed by atoms with Crippen LogP contribution in [-0.2, 0) is 6.42 Å². The Hall–Kier alpha value is -2.46. The molecule has 0 saturated carbocycles. The van der Waals surface area contributed by atoms with Crippen molar-refractivity contribution < 1.29 is 4.79 Å². The number of carbonyl (C=O) groups is 1. The standard InChI is InChI=1S/C19H18N2OS/c1-3-14-9-7-8-12-16(14)21-18(22)17-13(2)20-19(23-17)15-10-5-4-6-11-15/h4-12H,3H2,1-2H3,(H,21,22). The van der Waals surface area contributed by atoms with Gasteiger partial charge in [0, 0.05) is 11.3 Å². The number of anilines is 1. The minimum Gasteiger partial charge on any atom is -0.321 e. The fraction of sp³-hybridized carbons (Fsp3) is 0.158. The zero-order valence-corrected chi connectivity index (χ0v) is 14.0. The van der Waals surface area contributed by atoms with Crippen LogP contribution in [0.2, 0.25) is 0 Å². The number of hydrogen-bond acceptors (Lipinski definition) is 3. The number of thiazole rings is 1. The van der Waals surface area contributed by atoms with E-state index in [0.29, 0.717) is 4.88 Å². The summed E-state index contributed by atoms with van der Waals surface area (Å²) < 4.78 is 0. The second-order valence-corrected chi connectivity index (χ2v) is 6.26. The van der Waals surface area contributed by atoms with Gasteiger partial charge in [-0.3, -0.25) is 4.79 Å². The lowest BCUT2D eigenvalue weighted by atomic mass is 10.1. The van der Waals surface area contributed by atoms with Gasteiger partial charge in [-0.15, -0.1) is 11.3 Å². The fourth-order valence-corrected chi connectivity index (χ4v) is 3.41. The Morgan fingerprint density at radius 1 is 1.09 bits per heavy atom. The zero-order valence-electron chi connectivity index (χ0n) is 13.2. The Balaban J connectivity index is 1.87. The molecule has 0 bridgehead atoms. The third-order valence-electron chi connectivity index (χ3n) is 3.67. The third-order valence-corrected chi connectivity index (χ3v) is 4.88. The molecule has 1 N–H and O–H groups in total. The van der Waals surface area contributed by atoms with Crippen molar-refractivity contribution in [1.29, 1.82) is 0 Å². The number of nitrogens with zero attached hydrogens (tertiary/aromatic N) is 1. The first-order valence-corrected chi connectivity index (χ1v) is 8.42. The molecule has 1 aromatic heterocycles. The van der Waals surface area contributed by atoms with Crippen LogP contribution < -0.4 is 5.32 Å². The van der Waals surface area contributed by atoms with Crippen molar-refractivity contribution in [3.05, 3.63) is 70.7 Å². The Morgan fingerprint density at radius 2 is 1.78 bits per heavy atom. The number of nitrogens with one attached hydrogen (secondary N) is 1. The SMILES string of the molecule is CCc1ccccc1NC(=O)c1sc(-c2ccccc2)nc1C. The van der Waals surface area contributed by atoms with Crippen LogP contribution in [0.1, 0.15) is 27.9 Å². The van der Waals surface area contributed by atoms with Crippen molar-refractivity contribution >= 4 is 22.9 Å². The highest BCUT2D eigenvalue weighted by Gasteiger charge is 2.17. The maximum absolute atomic E-state index is 12.6. The maximum atomic E-state index is 12.6. The number of amides is 1. The molecule has 3 rings (SSSR count). The first-order chi connectivity index (χ1) is 11.2. The van der Waals surface area contributed by atoms with Gasteiger partial charge in [-0.2, -0.15) is 0 Å². The number of benzene rings is 2. The van der Waals surface area contributed by atoms with E-state index in [1.807, 2.05) is 61.5 Å². The van der Waals surface area contributed by atoms with E-state index < -0.39 is 0 Å². The molecule has 23 heavy (non-hydrogen) atoms. The van der Waals surface area contributed by atoms with Crippen LogP contribution in [0.15, 0.2) is 54.6 Å². The molecule has 0 unspecified atom stereocenters. The first kappa shape index (κ1) is 15.4. The highest BCUT2D eigenvalue weighted by Crippen LogP contribution is 2.28. The van der Waals surface area contributed by atoms with Crippen molar-refractivity contribution in [1.82, 2.24) is 4.98 Å². The number of para-hydroxylation sites is 1. The molecule has 0 saturated heterocycles. The molecule has 2 aromatic carbocycles. The summed E-state index contributed by atoms with van der Waals surface area (Å²) in [5.74, 6) is -0.0944. The predicted molar refractivity (Wildman–Crippen MR) is 96.1 cm³/mol. The summed E-state index contributed by atoms with van der Waals surface area (Å²) in [6.07, 6.45) is 0.882. The second kappa shape index (κ2) is 6.75. The number of rotatable bonds is 4. The lowest BCUT2D eigenvalue weighted by Gasteiger charge is -2.08. The summed E-state index contributed by atoms with van der Waals surface area (Å²) in [5, 5.41) is 3.89. The molecule has 0 fully saturated rings. The van der Waals surface area contributed by atoms with Crippen LogP contribution >= 0.6 is 11.3 Å².